The molecule has 1 aliphatic rings. The van der Waals surface area contributed by atoms with Crippen molar-refractivity contribution in [1.29, 1.82) is 0 Å². The fraction of sp³-hybridized carbons (Fsp3) is 0.375. The van der Waals surface area contributed by atoms with Crippen molar-refractivity contribution in [3.8, 4) is 11.5 Å². The van der Waals surface area contributed by atoms with Crippen LogP contribution < -0.4 is 20.1 Å². The van der Waals surface area contributed by atoms with Crippen LogP contribution in [0.5, 0.6) is 11.5 Å². The highest BCUT2D eigenvalue weighted by atomic mass is 32.1. The molecule has 0 saturated carbocycles. The second kappa shape index (κ2) is 6.87. The van der Waals surface area contributed by atoms with E-state index in [1.807, 2.05) is 38.2 Å². The van der Waals surface area contributed by atoms with Crippen LogP contribution in [0.1, 0.15) is 28.4 Å². The fourth-order valence-corrected chi connectivity index (χ4v) is 3.11. The molecule has 7 heteroatoms. The molecule has 2 amide bonds. The third-order valence-electron chi connectivity index (χ3n) is 3.44. The zero-order chi connectivity index (χ0) is 16.2. The number of nitrogens with one attached hydrogen (secondary N) is 2. The summed E-state index contributed by atoms with van der Waals surface area (Å²) < 4.78 is 11.2. The average Bonchev–Trinajstić information content (AvgIpc) is 2.99. The van der Waals surface area contributed by atoms with Crippen LogP contribution >= 0.6 is 11.3 Å². The summed E-state index contributed by atoms with van der Waals surface area (Å²) in [5.41, 5.74) is 0.898. The lowest BCUT2D eigenvalue weighted by Crippen LogP contribution is -2.36. The molecule has 0 fully saturated rings. The SMILES string of the molecule is Cc1cnc(C(C)NC(=O)NCc2cccc3c2OCCO3)s1. The Morgan fingerprint density at radius 3 is 3.00 bits per heavy atom. The van der Waals surface area contributed by atoms with Gasteiger partial charge in [-0.05, 0) is 19.9 Å². The summed E-state index contributed by atoms with van der Waals surface area (Å²) >= 11 is 1.58. The molecular formula is C16H19N3O3S. The molecule has 1 unspecified atom stereocenters. The van der Waals surface area contributed by atoms with Gasteiger partial charge in [-0.25, -0.2) is 9.78 Å². The zero-order valence-corrected chi connectivity index (χ0v) is 13.9. The summed E-state index contributed by atoms with van der Waals surface area (Å²) in [5, 5.41) is 6.63. The number of urea groups is 1. The second-order valence-electron chi connectivity index (χ2n) is 5.30. The molecule has 2 aromatic rings. The van der Waals surface area contributed by atoms with Gasteiger partial charge < -0.3 is 20.1 Å². The van der Waals surface area contributed by atoms with Gasteiger partial charge in [-0.2, -0.15) is 0 Å². The Morgan fingerprint density at radius 1 is 1.39 bits per heavy atom. The Hall–Kier alpha value is -2.28. The molecule has 122 valence electrons. The van der Waals surface area contributed by atoms with Crippen molar-refractivity contribution in [2.24, 2.45) is 0 Å². The number of nitrogens with zero attached hydrogens (tertiary/aromatic N) is 1. The standard InChI is InChI=1S/C16H19N3O3S/c1-10-8-17-15(23-10)11(2)19-16(20)18-9-12-4-3-5-13-14(12)22-7-6-21-13/h3-5,8,11H,6-7,9H2,1-2H3,(H2,18,19,20). The third-order valence-corrected chi connectivity index (χ3v) is 4.54. The van der Waals surface area contributed by atoms with Gasteiger partial charge in [0.2, 0.25) is 0 Å². The molecular weight excluding hydrogens is 314 g/mol. The molecule has 2 N–H and O–H groups in total. The van der Waals surface area contributed by atoms with Crippen molar-refractivity contribution >= 4 is 17.4 Å². The van der Waals surface area contributed by atoms with Crippen molar-refractivity contribution in [3.05, 3.63) is 39.8 Å². The van der Waals surface area contributed by atoms with Crippen LogP contribution in [-0.2, 0) is 6.54 Å². The third kappa shape index (κ3) is 3.73. The summed E-state index contributed by atoms with van der Waals surface area (Å²) in [4.78, 5) is 17.5. The number of fused-ring (bicyclic) bond motifs is 1. The van der Waals surface area contributed by atoms with Crippen LogP contribution in [0.3, 0.4) is 0 Å². The smallest absolute Gasteiger partial charge is 0.315 e. The van der Waals surface area contributed by atoms with E-state index in [2.05, 4.69) is 15.6 Å². The van der Waals surface area contributed by atoms with Crippen molar-refractivity contribution in [3.63, 3.8) is 0 Å². The first-order chi connectivity index (χ1) is 11.1. The Morgan fingerprint density at radius 2 is 2.22 bits per heavy atom. The van der Waals surface area contributed by atoms with Gasteiger partial charge in [0.15, 0.2) is 11.5 Å². The molecule has 3 rings (SSSR count). The number of benzene rings is 1. The predicted molar refractivity (Wildman–Crippen MR) is 88.1 cm³/mol. The molecule has 0 aliphatic carbocycles. The number of amides is 2. The largest absolute Gasteiger partial charge is 0.486 e. The molecule has 0 radical (unpaired) electrons. The van der Waals surface area contributed by atoms with Gasteiger partial charge in [-0.1, -0.05) is 12.1 Å². The van der Waals surface area contributed by atoms with Crippen LogP contribution in [0.4, 0.5) is 4.79 Å². The van der Waals surface area contributed by atoms with Crippen LogP contribution in [0.15, 0.2) is 24.4 Å². The van der Waals surface area contributed by atoms with Crippen LogP contribution in [0.25, 0.3) is 0 Å². The number of para-hydroxylation sites is 1. The Balaban J connectivity index is 1.57. The van der Waals surface area contributed by atoms with Gasteiger partial charge in [-0.15, -0.1) is 11.3 Å². The van der Waals surface area contributed by atoms with E-state index in [0.29, 0.717) is 25.5 Å². The highest BCUT2D eigenvalue weighted by molar-refractivity contribution is 7.11. The van der Waals surface area contributed by atoms with Crippen LogP contribution in [-0.4, -0.2) is 24.2 Å². The van der Waals surface area contributed by atoms with E-state index in [4.69, 9.17) is 9.47 Å². The lowest BCUT2D eigenvalue weighted by atomic mass is 10.1. The van der Waals surface area contributed by atoms with Crippen molar-refractivity contribution in [2.75, 3.05) is 13.2 Å². The van der Waals surface area contributed by atoms with Crippen LogP contribution in [0.2, 0.25) is 0 Å². The molecule has 1 aromatic heterocycles. The maximum Gasteiger partial charge on any atom is 0.315 e. The van der Waals surface area contributed by atoms with E-state index >= 15 is 0 Å². The number of hydrogen-bond acceptors (Lipinski definition) is 5. The number of carbonyl (C=O) groups is 1. The van der Waals surface area contributed by atoms with E-state index in [-0.39, 0.29) is 12.1 Å². The molecule has 1 aliphatic heterocycles. The number of carbonyl (C=O) groups excluding carboxylic acids is 1. The summed E-state index contributed by atoms with van der Waals surface area (Å²) in [7, 11) is 0. The second-order valence-corrected chi connectivity index (χ2v) is 6.57. The minimum atomic E-state index is -0.236. The normalized spacial score (nSPS) is 14.2. The minimum Gasteiger partial charge on any atom is -0.486 e. The Labute approximate surface area is 138 Å². The number of hydrogen-bond donors (Lipinski definition) is 2. The fourth-order valence-electron chi connectivity index (χ4n) is 2.33. The van der Waals surface area contributed by atoms with E-state index in [1.165, 1.54) is 0 Å². The number of aromatic nitrogens is 1. The van der Waals surface area contributed by atoms with Gasteiger partial charge in [0, 0.05) is 23.2 Å². The first kappa shape index (κ1) is 15.6. The maximum atomic E-state index is 12.1. The Kier molecular flexibility index (Phi) is 4.66. The zero-order valence-electron chi connectivity index (χ0n) is 13.1. The number of ether oxygens (including phenoxy) is 2. The Bertz CT molecular complexity index is 702. The van der Waals surface area contributed by atoms with E-state index in [9.17, 15) is 4.79 Å². The molecule has 1 atom stereocenters. The van der Waals surface area contributed by atoms with E-state index < -0.39 is 0 Å². The summed E-state index contributed by atoms with van der Waals surface area (Å²) in [5.74, 6) is 1.44. The average molecular weight is 333 g/mol. The summed E-state index contributed by atoms with van der Waals surface area (Å²) in [6.45, 7) is 5.36. The molecule has 23 heavy (non-hydrogen) atoms. The highest BCUT2D eigenvalue weighted by Crippen LogP contribution is 2.33. The van der Waals surface area contributed by atoms with Gasteiger partial charge >= 0.3 is 6.03 Å². The van der Waals surface area contributed by atoms with Crippen molar-refractivity contribution in [1.82, 2.24) is 15.6 Å². The van der Waals surface area contributed by atoms with Crippen LogP contribution in [0, 0.1) is 6.92 Å². The number of thiazole rings is 1. The van der Waals surface area contributed by atoms with E-state index in [1.54, 1.807) is 11.3 Å². The number of aryl methyl sites for hydroxylation is 1. The molecule has 2 heterocycles. The monoisotopic (exact) mass is 333 g/mol. The first-order valence-corrected chi connectivity index (χ1v) is 8.29. The summed E-state index contributed by atoms with van der Waals surface area (Å²) in [6.07, 6.45) is 1.81. The maximum absolute atomic E-state index is 12.1. The van der Waals surface area contributed by atoms with E-state index in [0.717, 1.165) is 21.2 Å². The lowest BCUT2D eigenvalue weighted by molar-refractivity contribution is 0.169. The highest BCUT2D eigenvalue weighted by Gasteiger charge is 2.17. The quantitative estimate of drug-likeness (QED) is 0.902. The molecule has 1 aromatic carbocycles. The minimum absolute atomic E-state index is 0.127. The predicted octanol–water partition coefficient (Wildman–Crippen LogP) is 2.78. The molecule has 0 bridgehead atoms. The first-order valence-electron chi connectivity index (χ1n) is 7.47. The van der Waals surface area contributed by atoms with Gasteiger partial charge in [0.25, 0.3) is 0 Å². The van der Waals surface area contributed by atoms with Gasteiger partial charge in [0.1, 0.15) is 18.2 Å². The topological polar surface area (TPSA) is 72.5 Å². The van der Waals surface area contributed by atoms with Gasteiger partial charge in [0.05, 0.1) is 6.04 Å². The van der Waals surface area contributed by atoms with Gasteiger partial charge in [-0.3, -0.25) is 0 Å². The van der Waals surface area contributed by atoms with Crippen molar-refractivity contribution < 1.29 is 14.3 Å². The number of rotatable bonds is 4. The summed E-state index contributed by atoms with van der Waals surface area (Å²) in [6, 6.07) is 5.31. The lowest BCUT2D eigenvalue weighted by Gasteiger charge is -2.21. The van der Waals surface area contributed by atoms with Crippen molar-refractivity contribution in [2.45, 2.75) is 26.4 Å². The molecule has 0 saturated heterocycles. The molecule has 6 nitrogen and oxygen atoms in total. The molecule has 0 spiro atoms.